The molecule has 0 aromatic rings. The summed E-state index contributed by atoms with van der Waals surface area (Å²) in [5.41, 5.74) is 0. The SMILES string of the molecule is CCCCCCCCCC[C@H](C#CCO)O[Si](C)(C)C(C)(C)C. The molecular formula is C20H40O2Si. The van der Waals surface area contributed by atoms with Crippen molar-refractivity contribution >= 4 is 8.32 Å². The minimum absolute atomic E-state index is 0.0110. The molecule has 3 heteroatoms. The highest BCUT2D eigenvalue weighted by Gasteiger charge is 2.38. The maximum Gasteiger partial charge on any atom is 0.193 e. The summed E-state index contributed by atoms with van der Waals surface area (Å²) in [4.78, 5) is 0. The minimum Gasteiger partial charge on any atom is -0.403 e. The highest BCUT2D eigenvalue weighted by molar-refractivity contribution is 6.74. The Morgan fingerprint density at radius 1 is 0.957 bits per heavy atom. The Hall–Kier alpha value is -0.303. The van der Waals surface area contributed by atoms with E-state index in [1.807, 2.05) is 0 Å². The third-order valence-electron chi connectivity index (χ3n) is 4.91. The molecule has 0 aromatic carbocycles. The van der Waals surface area contributed by atoms with Crippen molar-refractivity contribution in [2.75, 3.05) is 6.61 Å². The average molecular weight is 341 g/mol. The van der Waals surface area contributed by atoms with Gasteiger partial charge in [-0.1, -0.05) is 84.5 Å². The van der Waals surface area contributed by atoms with Gasteiger partial charge in [0.25, 0.3) is 0 Å². The van der Waals surface area contributed by atoms with E-state index in [1.54, 1.807) is 0 Å². The van der Waals surface area contributed by atoms with E-state index in [1.165, 1.54) is 51.4 Å². The summed E-state index contributed by atoms with van der Waals surface area (Å²) in [5, 5.41) is 9.17. The molecular weight excluding hydrogens is 300 g/mol. The summed E-state index contributed by atoms with van der Waals surface area (Å²) < 4.78 is 6.42. The Labute approximate surface area is 146 Å². The Kier molecular flexibility index (Phi) is 12.0. The van der Waals surface area contributed by atoms with Crippen LogP contribution in [0.1, 0.15) is 85.5 Å². The molecule has 0 bridgehead atoms. The van der Waals surface area contributed by atoms with Gasteiger partial charge in [0.05, 0.1) is 0 Å². The summed E-state index contributed by atoms with van der Waals surface area (Å²) in [6.07, 6.45) is 11.6. The lowest BCUT2D eigenvalue weighted by molar-refractivity contribution is 0.218. The van der Waals surface area contributed by atoms with Crippen molar-refractivity contribution in [3.63, 3.8) is 0 Å². The third kappa shape index (κ3) is 11.0. The molecule has 0 amide bonds. The van der Waals surface area contributed by atoms with Gasteiger partial charge in [0.2, 0.25) is 0 Å². The molecule has 2 nitrogen and oxygen atoms in total. The third-order valence-corrected chi connectivity index (χ3v) is 9.39. The molecule has 0 heterocycles. The Morgan fingerprint density at radius 3 is 1.96 bits per heavy atom. The largest absolute Gasteiger partial charge is 0.403 e. The van der Waals surface area contributed by atoms with Crippen LogP contribution in [0.15, 0.2) is 0 Å². The zero-order valence-electron chi connectivity index (χ0n) is 16.5. The molecule has 0 saturated heterocycles. The van der Waals surface area contributed by atoms with Crippen molar-refractivity contribution in [2.45, 2.75) is 110 Å². The molecule has 1 atom stereocenters. The fourth-order valence-corrected chi connectivity index (χ4v) is 3.56. The number of aliphatic hydroxyl groups is 1. The van der Waals surface area contributed by atoms with Gasteiger partial charge < -0.3 is 9.53 Å². The lowest BCUT2D eigenvalue weighted by Crippen LogP contribution is -2.43. The van der Waals surface area contributed by atoms with Gasteiger partial charge >= 0.3 is 0 Å². The smallest absolute Gasteiger partial charge is 0.193 e. The fraction of sp³-hybridized carbons (Fsp3) is 0.900. The molecule has 0 rings (SSSR count). The zero-order chi connectivity index (χ0) is 17.8. The van der Waals surface area contributed by atoms with Crippen LogP contribution in [0, 0.1) is 11.8 Å². The summed E-state index contributed by atoms with van der Waals surface area (Å²) in [6, 6.07) is 0. The topological polar surface area (TPSA) is 29.5 Å². The Morgan fingerprint density at radius 2 is 1.48 bits per heavy atom. The molecule has 0 aliphatic carbocycles. The number of hydrogen-bond acceptors (Lipinski definition) is 2. The first-order valence-electron chi connectivity index (χ1n) is 9.51. The predicted octanol–water partition coefficient (Wildman–Crippen LogP) is 5.90. The summed E-state index contributed by atoms with van der Waals surface area (Å²) in [5.74, 6) is 5.93. The molecule has 23 heavy (non-hydrogen) atoms. The van der Waals surface area contributed by atoms with Crippen molar-refractivity contribution < 1.29 is 9.53 Å². The fourth-order valence-electron chi connectivity index (χ4n) is 2.32. The van der Waals surface area contributed by atoms with Crippen molar-refractivity contribution in [3.8, 4) is 11.8 Å². The molecule has 0 unspecified atom stereocenters. The van der Waals surface area contributed by atoms with E-state index < -0.39 is 8.32 Å². The summed E-state index contributed by atoms with van der Waals surface area (Å²) in [7, 11) is -1.79. The molecule has 136 valence electrons. The zero-order valence-corrected chi connectivity index (χ0v) is 17.5. The second-order valence-electron chi connectivity index (χ2n) is 8.11. The van der Waals surface area contributed by atoms with Crippen LogP contribution in [0.4, 0.5) is 0 Å². The maximum absolute atomic E-state index is 8.97. The van der Waals surface area contributed by atoms with E-state index in [2.05, 4.69) is 52.6 Å². The first kappa shape index (κ1) is 22.7. The second kappa shape index (κ2) is 12.1. The minimum atomic E-state index is -1.79. The van der Waals surface area contributed by atoms with Crippen molar-refractivity contribution in [1.29, 1.82) is 0 Å². The van der Waals surface area contributed by atoms with Crippen molar-refractivity contribution in [1.82, 2.24) is 0 Å². The van der Waals surface area contributed by atoms with E-state index in [-0.39, 0.29) is 17.7 Å². The van der Waals surface area contributed by atoms with Gasteiger partial charge in [-0.05, 0) is 31.0 Å². The molecule has 0 aromatic heterocycles. The highest BCUT2D eigenvalue weighted by atomic mass is 28.4. The molecule has 0 radical (unpaired) electrons. The molecule has 0 saturated carbocycles. The van der Waals surface area contributed by atoms with Gasteiger partial charge in [0, 0.05) is 0 Å². The normalized spacial score (nSPS) is 13.5. The quantitative estimate of drug-likeness (QED) is 0.288. The van der Waals surface area contributed by atoms with Gasteiger partial charge in [-0.2, -0.15) is 0 Å². The first-order valence-corrected chi connectivity index (χ1v) is 12.4. The van der Waals surface area contributed by atoms with Crippen LogP contribution >= 0.6 is 0 Å². The van der Waals surface area contributed by atoms with Crippen LogP contribution in [-0.2, 0) is 4.43 Å². The molecule has 0 fully saturated rings. The van der Waals surface area contributed by atoms with Crippen LogP contribution in [0.5, 0.6) is 0 Å². The summed E-state index contributed by atoms with van der Waals surface area (Å²) >= 11 is 0. The van der Waals surface area contributed by atoms with Crippen LogP contribution in [-0.4, -0.2) is 26.1 Å². The van der Waals surface area contributed by atoms with E-state index >= 15 is 0 Å². The van der Waals surface area contributed by atoms with E-state index in [9.17, 15) is 0 Å². The number of unbranched alkanes of at least 4 members (excludes halogenated alkanes) is 7. The first-order chi connectivity index (χ1) is 10.7. The maximum atomic E-state index is 8.97. The van der Waals surface area contributed by atoms with E-state index in [4.69, 9.17) is 9.53 Å². The highest BCUT2D eigenvalue weighted by Crippen LogP contribution is 2.37. The van der Waals surface area contributed by atoms with Gasteiger partial charge in [0.15, 0.2) is 8.32 Å². The van der Waals surface area contributed by atoms with Gasteiger partial charge in [0.1, 0.15) is 12.7 Å². The molecule has 1 N–H and O–H groups in total. The molecule has 0 spiro atoms. The average Bonchev–Trinajstić information content (AvgIpc) is 2.45. The van der Waals surface area contributed by atoms with Gasteiger partial charge in [-0.25, -0.2) is 0 Å². The molecule has 0 aliphatic rings. The standard InChI is InChI=1S/C20H40O2Si/c1-7-8-9-10-11-12-13-14-16-19(17-15-18-21)22-23(5,6)20(2,3)4/h19,21H,7-14,16,18H2,1-6H3/t19-/m1/s1. The number of hydrogen-bond donors (Lipinski definition) is 1. The van der Waals surface area contributed by atoms with Gasteiger partial charge in [-0.15, -0.1) is 0 Å². The second-order valence-corrected chi connectivity index (χ2v) is 12.9. The molecule has 0 aliphatic heterocycles. The monoisotopic (exact) mass is 340 g/mol. The van der Waals surface area contributed by atoms with Crippen LogP contribution in [0.25, 0.3) is 0 Å². The van der Waals surface area contributed by atoms with Gasteiger partial charge in [-0.3, -0.25) is 0 Å². The predicted molar refractivity (Wildman–Crippen MR) is 104 cm³/mol. The van der Waals surface area contributed by atoms with Crippen LogP contribution < -0.4 is 0 Å². The van der Waals surface area contributed by atoms with Crippen molar-refractivity contribution in [3.05, 3.63) is 0 Å². The number of rotatable bonds is 11. The Bertz CT molecular complexity index is 347. The lowest BCUT2D eigenvalue weighted by atomic mass is 10.1. The van der Waals surface area contributed by atoms with Crippen molar-refractivity contribution in [2.24, 2.45) is 0 Å². The van der Waals surface area contributed by atoms with Crippen LogP contribution in [0.3, 0.4) is 0 Å². The number of aliphatic hydroxyl groups excluding tert-OH is 1. The Balaban J connectivity index is 4.17. The van der Waals surface area contributed by atoms with E-state index in [0.29, 0.717) is 0 Å². The van der Waals surface area contributed by atoms with E-state index in [0.717, 1.165) is 6.42 Å². The summed E-state index contributed by atoms with van der Waals surface area (Å²) in [6.45, 7) is 13.5. The lowest BCUT2D eigenvalue weighted by Gasteiger charge is -2.38. The van der Waals surface area contributed by atoms with Crippen LogP contribution in [0.2, 0.25) is 18.1 Å².